The Balaban J connectivity index is 1.99. The number of alkyl halides is 3. The Morgan fingerprint density at radius 1 is 1.50 bits per heavy atom. The van der Waals surface area contributed by atoms with Crippen LogP contribution in [0.3, 0.4) is 0 Å². The number of halogens is 3. The molecular weight excluding hydrogens is 275 g/mol. The Hall–Kier alpha value is -1.50. The number of hydrogen-bond donors (Lipinski definition) is 1. The normalized spacial score (nSPS) is 22.2. The number of carboxylic acid groups (broad SMARTS) is 1. The van der Waals surface area contributed by atoms with Gasteiger partial charge in [-0.1, -0.05) is 6.92 Å². The van der Waals surface area contributed by atoms with E-state index < -0.39 is 25.2 Å². The van der Waals surface area contributed by atoms with Crippen molar-refractivity contribution in [3.8, 4) is 0 Å². The summed E-state index contributed by atoms with van der Waals surface area (Å²) in [5, 5.41) is 8.66. The van der Waals surface area contributed by atoms with Crippen molar-refractivity contribution in [2.24, 2.45) is 5.92 Å². The van der Waals surface area contributed by atoms with Gasteiger partial charge >= 0.3 is 12.1 Å². The molecule has 0 bridgehead atoms. The molecule has 0 saturated heterocycles. The molecule has 2 rings (SSSR count). The van der Waals surface area contributed by atoms with Crippen molar-refractivity contribution in [2.75, 3.05) is 13.1 Å². The van der Waals surface area contributed by atoms with Gasteiger partial charge in [0.1, 0.15) is 11.5 Å². The van der Waals surface area contributed by atoms with E-state index in [9.17, 15) is 18.0 Å². The number of rotatable bonds is 6. The molecule has 20 heavy (non-hydrogen) atoms. The molecule has 2 atom stereocenters. The Bertz CT molecular complexity index is 483. The Labute approximate surface area is 114 Å². The number of furan rings is 1. The third-order valence-corrected chi connectivity index (χ3v) is 3.30. The minimum absolute atomic E-state index is 0.160. The van der Waals surface area contributed by atoms with E-state index in [0.717, 1.165) is 17.1 Å². The van der Waals surface area contributed by atoms with Crippen molar-refractivity contribution >= 4 is 5.97 Å². The highest BCUT2D eigenvalue weighted by Crippen LogP contribution is 2.47. The highest BCUT2D eigenvalue weighted by atomic mass is 19.4. The number of carboxylic acids is 1. The van der Waals surface area contributed by atoms with Gasteiger partial charge in [0.25, 0.3) is 0 Å². The zero-order valence-corrected chi connectivity index (χ0v) is 11.0. The summed E-state index contributed by atoms with van der Waals surface area (Å²) in [5.74, 6) is 0.731. The summed E-state index contributed by atoms with van der Waals surface area (Å²) in [6, 6.07) is 3.38. The first-order chi connectivity index (χ1) is 9.24. The van der Waals surface area contributed by atoms with Crippen LogP contribution in [0.5, 0.6) is 0 Å². The predicted molar refractivity (Wildman–Crippen MR) is 64.2 cm³/mol. The van der Waals surface area contributed by atoms with Crippen molar-refractivity contribution in [1.29, 1.82) is 0 Å². The van der Waals surface area contributed by atoms with Crippen LogP contribution in [-0.4, -0.2) is 35.2 Å². The van der Waals surface area contributed by atoms with Gasteiger partial charge < -0.3 is 9.52 Å². The number of nitrogens with zero attached hydrogens (tertiary/aromatic N) is 1. The summed E-state index contributed by atoms with van der Waals surface area (Å²) in [5.41, 5.74) is 0. The lowest BCUT2D eigenvalue weighted by atomic mass is 10.3. The molecule has 0 amide bonds. The third kappa shape index (κ3) is 4.26. The molecule has 0 spiro atoms. The van der Waals surface area contributed by atoms with E-state index in [1.165, 1.54) is 0 Å². The fraction of sp³-hybridized carbons (Fsp3) is 0.615. The second-order valence-corrected chi connectivity index (χ2v) is 5.28. The maximum absolute atomic E-state index is 12.4. The fourth-order valence-corrected chi connectivity index (χ4v) is 2.23. The minimum atomic E-state index is -4.43. The van der Waals surface area contributed by atoms with E-state index in [4.69, 9.17) is 9.52 Å². The van der Waals surface area contributed by atoms with Gasteiger partial charge in [-0.15, -0.1) is 0 Å². The van der Waals surface area contributed by atoms with Crippen LogP contribution in [0.15, 0.2) is 16.5 Å². The van der Waals surface area contributed by atoms with Crippen molar-refractivity contribution < 1.29 is 27.5 Å². The zero-order chi connectivity index (χ0) is 14.9. The fourth-order valence-electron chi connectivity index (χ4n) is 2.23. The van der Waals surface area contributed by atoms with Crippen LogP contribution in [0.1, 0.15) is 30.8 Å². The van der Waals surface area contributed by atoms with Gasteiger partial charge in [0, 0.05) is 5.92 Å². The van der Waals surface area contributed by atoms with Crippen LogP contribution in [0, 0.1) is 5.92 Å². The van der Waals surface area contributed by atoms with Crippen LogP contribution in [0.25, 0.3) is 0 Å². The SMILES string of the molecule is CC1CC1c1ccc(CN(CC(=O)O)CC(F)(F)F)o1. The van der Waals surface area contributed by atoms with Gasteiger partial charge in [0.05, 0.1) is 19.6 Å². The van der Waals surface area contributed by atoms with Gasteiger partial charge in [-0.2, -0.15) is 13.2 Å². The first-order valence-electron chi connectivity index (χ1n) is 6.34. The summed E-state index contributed by atoms with van der Waals surface area (Å²) in [6.07, 6.45) is -3.41. The molecule has 7 heteroatoms. The minimum Gasteiger partial charge on any atom is -0.480 e. The molecule has 112 valence electrons. The molecule has 0 aliphatic heterocycles. The molecule has 1 fully saturated rings. The lowest BCUT2D eigenvalue weighted by Gasteiger charge is -2.20. The summed E-state index contributed by atoms with van der Waals surface area (Å²) >= 11 is 0. The van der Waals surface area contributed by atoms with Crippen molar-refractivity contribution in [2.45, 2.75) is 32.0 Å². The summed E-state index contributed by atoms with van der Waals surface area (Å²) in [7, 11) is 0. The molecule has 1 aliphatic carbocycles. The number of aliphatic carboxylic acids is 1. The van der Waals surface area contributed by atoms with Crippen LogP contribution in [0.2, 0.25) is 0 Å². The zero-order valence-electron chi connectivity index (χ0n) is 11.0. The third-order valence-electron chi connectivity index (χ3n) is 3.30. The average Bonchev–Trinajstić information content (AvgIpc) is 2.82. The molecule has 2 unspecified atom stereocenters. The highest BCUT2D eigenvalue weighted by molar-refractivity contribution is 5.69. The van der Waals surface area contributed by atoms with Crippen LogP contribution < -0.4 is 0 Å². The van der Waals surface area contributed by atoms with E-state index >= 15 is 0 Å². The molecule has 1 aromatic heterocycles. The first-order valence-corrected chi connectivity index (χ1v) is 6.34. The summed E-state index contributed by atoms with van der Waals surface area (Å²) in [4.78, 5) is 11.4. The van der Waals surface area contributed by atoms with E-state index in [1.807, 2.05) is 0 Å². The Morgan fingerprint density at radius 3 is 2.65 bits per heavy atom. The molecule has 1 aromatic rings. The second-order valence-electron chi connectivity index (χ2n) is 5.28. The summed E-state index contributed by atoms with van der Waals surface area (Å²) in [6.45, 7) is -0.0231. The van der Waals surface area contributed by atoms with Gasteiger partial charge in [-0.05, 0) is 24.5 Å². The number of carbonyl (C=O) groups is 1. The van der Waals surface area contributed by atoms with E-state index in [1.54, 1.807) is 12.1 Å². The number of hydrogen-bond acceptors (Lipinski definition) is 3. The molecule has 1 heterocycles. The Kier molecular flexibility index (Phi) is 4.08. The van der Waals surface area contributed by atoms with E-state index in [-0.39, 0.29) is 6.54 Å². The molecule has 1 saturated carbocycles. The molecule has 1 N–H and O–H groups in total. The standard InChI is InChI=1S/C13H16F3NO3/c1-8-4-10(8)11-3-2-9(20-11)5-17(6-12(18)19)7-13(14,15)16/h2-3,8,10H,4-7H2,1H3,(H,18,19). The Morgan fingerprint density at radius 2 is 2.15 bits per heavy atom. The molecule has 4 nitrogen and oxygen atoms in total. The van der Waals surface area contributed by atoms with E-state index in [0.29, 0.717) is 17.6 Å². The van der Waals surface area contributed by atoms with Crippen molar-refractivity contribution in [3.05, 3.63) is 23.7 Å². The predicted octanol–water partition coefficient (Wildman–Crippen LogP) is 2.85. The lowest BCUT2D eigenvalue weighted by Crippen LogP contribution is -2.37. The van der Waals surface area contributed by atoms with Gasteiger partial charge in [-0.3, -0.25) is 9.69 Å². The average molecular weight is 291 g/mol. The van der Waals surface area contributed by atoms with Crippen molar-refractivity contribution in [3.63, 3.8) is 0 Å². The maximum atomic E-state index is 12.4. The van der Waals surface area contributed by atoms with E-state index in [2.05, 4.69) is 6.92 Å². The molecule has 0 aromatic carbocycles. The molecular formula is C13H16F3NO3. The van der Waals surface area contributed by atoms with Gasteiger partial charge in [0.15, 0.2) is 0 Å². The topological polar surface area (TPSA) is 53.7 Å². The molecule has 0 radical (unpaired) electrons. The van der Waals surface area contributed by atoms with Gasteiger partial charge in [0.2, 0.25) is 0 Å². The quantitative estimate of drug-likeness (QED) is 0.875. The first kappa shape index (κ1) is 14.9. The van der Waals surface area contributed by atoms with Crippen LogP contribution >= 0.6 is 0 Å². The lowest BCUT2D eigenvalue weighted by molar-refractivity contribution is -0.155. The van der Waals surface area contributed by atoms with Crippen molar-refractivity contribution in [1.82, 2.24) is 4.90 Å². The monoisotopic (exact) mass is 291 g/mol. The smallest absolute Gasteiger partial charge is 0.401 e. The van der Waals surface area contributed by atoms with Crippen LogP contribution in [-0.2, 0) is 11.3 Å². The largest absolute Gasteiger partial charge is 0.480 e. The highest BCUT2D eigenvalue weighted by Gasteiger charge is 2.37. The second kappa shape index (κ2) is 5.47. The maximum Gasteiger partial charge on any atom is 0.401 e. The van der Waals surface area contributed by atoms with Gasteiger partial charge in [-0.25, -0.2) is 0 Å². The summed E-state index contributed by atoms with van der Waals surface area (Å²) < 4.78 is 42.7. The molecule has 1 aliphatic rings. The van der Waals surface area contributed by atoms with Crippen LogP contribution in [0.4, 0.5) is 13.2 Å².